The third-order valence-corrected chi connectivity index (χ3v) is 1.38. The lowest BCUT2D eigenvalue weighted by molar-refractivity contribution is 0.469. The standard InChI is InChI=1S/C4H13NO2S.C2H6/c1-4(2)5-8(3,6)7;1-2/h4-7H,1-3H3;1-2H3. The Morgan fingerprint density at radius 2 is 1.50 bits per heavy atom. The average molecular weight is 169 g/mol. The van der Waals surface area contributed by atoms with Gasteiger partial charge in [0.1, 0.15) is 0 Å². The summed E-state index contributed by atoms with van der Waals surface area (Å²) in [6.45, 7) is 7.72. The highest BCUT2D eigenvalue weighted by Crippen LogP contribution is 2.27. The lowest BCUT2D eigenvalue weighted by Crippen LogP contribution is -2.25. The van der Waals surface area contributed by atoms with Crippen LogP contribution in [0.4, 0.5) is 0 Å². The Balaban J connectivity index is 0. The van der Waals surface area contributed by atoms with Crippen molar-refractivity contribution in [2.24, 2.45) is 0 Å². The monoisotopic (exact) mass is 169 g/mol. The summed E-state index contributed by atoms with van der Waals surface area (Å²) in [5, 5.41) is 0. The maximum Gasteiger partial charge on any atom is 0.0416 e. The van der Waals surface area contributed by atoms with Crippen LogP contribution < -0.4 is 4.72 Å². The van der Waals surface area contributed by atoms with Gasteiger partial charge in [0.2, 0.25) is 0 Å². The van der Waals surface area contributed by atoms with Gasteiger partial charge in [-0.1, -0.05) is 13.8 Å². The van der Waals surface area contributed by atoms with Crippen LogP contribution in [0.5, 0.6) is 0 Å². The molecule has 0 saturated heterocycles. The van der Waals surface area contributed by atoms with E-state index in [1.54, 1.807) is 0 Å². The minimum atomic E-state index is -2.47. The van der Waals surface area contributed by atoms with Crippen molar-refractivity contribution in [1.29, 1.82) is 0 Å². The van der Waals surface area contributed by atoms with Crippen molar-refractivity contribution >= 4 is 10.8 Å². The molecule has 4 heteroatoms. The van der Waals surface area contributed by atoms with Crippen molar-refractivity contribution in [1.82, 2.24) is 4.72 Å². The third kappa shape index (κ3) is 15.7. The summed E-state index contributed by atoms with van der Waals surface area (Å²) in [4.78, 5) is 0. The first-order valence-corrected chi connectivity index (χ1v) is 5.38. The van der Waals surface area contributed by atoms with Crippen LogP contribution in [0, 0.1) is 0 Å². The molecule has 0 aromatic carbocycles. The number of hydrogen-bond acceptors (Lipinski definition) is 3. The molecular weight excluding hydrogens is 150 g/mol. The molecule has 0 saturated carbocycles. The van der Waals surface area contributed by atoms with Gasteiger partial charge >= 0.3 is 0 Å². The molecule has 0 aliphatic carbocycles. The van der Waals surface area contributed by atoms with Crippen molar-refractivity contribution in [2.45, 2.75) is 33.7 Å². The molecule has 0 aliphatic rings. The number of rotatable bonds is 2. The van der Waals surface area contributed by atoms with Gasteiger partial charge in [0.25, 0.3) is 0 Å². The molecule has 0 fully saturated rings. The minimum absolute atomic E-state index is 0.130. The second-order valence-electron chi connectivity index (χ2n) is 2.11. The van der Waals surface area contributed by atoms with Crippen molar-refractivity contribution in [3.8, 4) is 0 Å². The molecular formula is C6H19NO2S. The van der Waals surface area contributed by atoms with Crippen molar-refractivity contribution < 1.29 is 9.11 Å². The zero-order valence-electron chi connectivity index (χ0n) is 7.38. The average Bonchev–Trinajstić information content (AvgIpc) is 1.64. The molecule has 0 amide bonds. The Labute approximate surface area is 65.3 Å². The maximum atomic E-state index is 8.72. The van der Waals surface area contributed by atoms with Crippen LogP contribution in [0.1, 0.15) is 27.7 Å². The molecule has 66 valence electrons. The summed E-state index contributed by atoms with van der Waals surface area (Å²) >= 11 is 0. The first-order chi connectivity index (χ1) is 4.42. The Hall–Kier alpha value is 0.230. The molecule has 0 aromatic heterocycles. The Bertz CT molecular complexity index is 70.6. The van der Waals surface area contributed by atoms with E-state index in [0.29, 0.717) is 0 Å². The van der Waals surface area contributed by atoms with E-state index < -0.39 is 10.8 Å². The van der Waals surface area contributed by atoms with E-state index in [0.717, 1.165) is 0 Å². The van der Waals surface area contributed by atoms with E-state index in [-0.39, 0.29) is 6.04 Å². The van der Waals surface area contributed by atoms with E-state index in [9.17, 15) is 0 Å². The molecule has 0 rings (SSSR count). The minimum Gasteiger partial charge on any atom is -0.286 e. The number of nitrogens with one attached hydrogen (secondary N) is 1. The normalized spacial score (nSPS) is 12.4. The first-order valence-electron chi connectivity index (χ1n) is 3.42. The van der Waals surface area contributed by atoms with Crippen LogP contribution >= 0.6 is 10.8 Å². The largest absolute Gasteiger partial charge is 0.286 e. The zero-order valence-corrected chi connectivity index (χ0v) is 8.20. The molecule has 10 heavy (non-hydrogen) atoms. The molecule has 0 radical (unpaired) electrons. The van der Waals surface area contributed by atoms with E-state index in [1.807, 2.05) is 27.7 Å². The highest BCUT2D eigenvalue weighted by atomic mass is 32.3. The van der Waals surface area contributed by atoms with E-state index in [2.05, 4.69) is 4.72 Å². The Morgan fingerprint density at radius 3 is 1.50 bits per heavy atom. The van der Waals surface area contributed by atoms with Crippen molar-refractivity contribution in [3.63, 3.8) is 0 Å². The lowest BCUT2D eigenvalue weighted by Gasteiger charge is -2.29. The molecule has 0 unspecified atom stereocenters. The highest BCUT2D eigenvalue weighted by Gasteiger charge is 2.02. The summed E-state index contributed by atoms with van der Waals surface area (Å²) in [5.41, 5.74) is 0. The van der Waals surface area contributed by atoms with Crippen molar-refractivity contribution in [3.05, 3.63) is 0 Å². The topological polar surface area (TPSA) is 52.5 Å². The Morgan fingerprint density at radius 1 is 1.20 bits per heavy atom. The summed E-state index contributed by atoms with van der Waals surface area (Å²) in [5.74, 6) is 0. The molecule has 0 atom stereocenters. The van der Waals surface area contributed by atoms with Crippen LogP contribution in [0.15, 0.2) is 0 Å². The molecule has 0 spiro atoms. The van der Waals surface area contributed by atoms with Gasteiger partial charge in [-0.3, -0.25) is 9.11 Å². The summed E-state index contributed by atoms with van der Waals surface area (Å²) in [7, 11) is -2.47. The fraction of sp³-hybridized carbons (Fsp3) is 1.00. The fourth-order valence-corrected chi connectivity index (χ4v) is 1.34. The maximum absolute atomic E-state index is 8.72. The summed E-state index contributed by atoms with van der Waals surface area (Å²) < 4.78 is 20.0. The second kappa shape index (κ2) is 5.97. The summed E-state index contributed by atoms with van der Waals surface area (Å²) in [6, 6.07) is 0.130. The molecule has 0 aliphatic heterocycles. The Kier molecular flexibility index (Phi) is 7.69. The number of hydrogen-bond donors (Lipinski definition) is 3. The van der Waals surface area contributed by atoms with Crippen LogP contribution in [-0.2, 0) is 0 Å². The predicted molar refractivity (Wildman–Crippen MR) is 48.4 cm³/mol. The molecule has 0 aromatic rings. The van der Waals surface area contributed by atoms with E-state index in [4.69, 9.17) is 9.11 Å². The van der Waals surface area contributed by atoms with Gasteiger partial charge in [-0.25, -0.2) is 4.72 Å². The van der Waals surface area contributed by atoms with Gasteiger partial charge in [0.15, 0.2) is 0 Å². The van der Waals surface area contributed by atoms with Crippen LogP contribution in [0.25, 0.3) is 0 Å². The molecule has 3 N–H and O–H groups in total. The van der Waals surface area contributed by atoms with Gasteiger partial charge in [-0.15, -0.1) is 10.8 Å². The fourth-order valence-electron chi connectivity index (χ4n) is 0.447. The third-order valence-electron chi connectivity index (χ3n) is 0.459. The first kappa shape index (κ1) is 12.9. The molecule has 0 bridgehead atoms. The smallest absolute Gasteiger partial charge is 0.0416 e. The predicted octanol–water partition coefficient (Wildman–Crippen LogP) is 2.31. The molecule has 3 nitrogen and oxygen atoms in total. The van der Waals surface area contributed by atoms with Crippen LogP contribution in [-0.4, -0.2) is 21.4 Å². The second-order valence-corrected chi connectivity index (χ2v) is 4.01. The zero-order chi connectivity index (χ0) is 8.78. The van der Waals surface area contributed by atoms with Crippen LogP contribution in [0.3, 0.4) is 0 Å². The lowest BCUT2D eigenvalue weighted by atomic mass is 10.4. The van der Waals surface area contributed by atoms with Gasteiger partial charge in [0, 0.05) is 12.3 Å². The highest BCUT2D eigenvalue weighted by molar-refractivity contribution is 8.22. The van der Waals surface area contributed by atoms with Crippen LogP contribution in [0.2, 0.25) is 0 Å². The van der Waals surface area contributed by atoms with E-state index in [1.165, 1.54) is 6.26 Å². The van der Waals surface area contributed by atoms with E-state index >= 15 is 0 Å². The van der Waals surface area contributed by atoms with Gasteiger partial charge < -0.3 is 0 Å². The van der Waals surface area contributed by atoms with Gasteiger partial charge in [0.05, 0.1) is 0 Å². The summed E-state index contributed by atoms with van der Waals surface area (Å²) in [6.07, 6.45) is 1.37. The quantitative estimate of drug-likeness (QED) is 0.594. The van der Waals surface area contributed by atoms with Gasteiger partial charge in [-0.2, -0.15) is 0 Å². The SMILES string of the molecule is CC.CC(C)NS(C)(O)O. The molecule has 0 heterocycles. The van der Waals surface area contributed by atoms with Crippen molar-refractivity contribution in [2.75, 3.05) is 6.26 Å². The van der Waals surface area contributed by atoms with Gasteiger partial charge in [-0.05, 0) is 13.8 Å².